The van der Waals surface area contributed by atoms with E-state index in [1.807, 2.05) is 24.4 Å². The van der Waals surface area contributed by atoms with E-state index in [2.05, 4.69) is 0 Å². The van der Waals surface area contributed by atoms with Gasteiger partial charge in [0.2, 0.25) is 6.19 Å². The third-order valence-corrected chi connectivity index (χ3v) is 1.26. The second kappa shape index (κ2) is 3.59. The maximum Gasteiger partial charge on any atom is 0.210 e. The lowest BCUT2D eigenvalue weighted by Gasteiger charge is -2.10. The molecule has 1 rings (SSSR count). The Morgan fingerprint density at radius 1 is 1.36 bits per heavy atom. The molecular formula is C8H8N2O. The molecule has 56 valence electrons. The molecule has 0 unspecified atom stereocenters. The summed E-state index contributed by atoms with van der Waals surface area (Å²) in [6.07, 6.45) is 1.88. The topological polar surface area (TPSA) is 36.3 Å². The third kappa shape index (κ3) is 1.69. The summed E-state index contributed by atoms with van der Waals surface area (Å²) in [6.45, 7) is 0. The molecule has 0 fully saturated rings. The largest absolute Gasteiger partial charge is 0.263 e. The lowest BCUT2D eigenvalue weighted by Crippen LogP contribution is -2.13. The van der Waals surface area contributed by atoms with E-state index in [-0.39, 0.29) is 0 Å². The van der Waals surface area contributed by atoms with Crippen LogP contribution in [0.1, 0.15) is 0 Å². The highest BCUT2D eigenvalue weighted by Gasteiger charge is 2.00. The fourth-order valence-electron chi connectivity index (χ4n) is 0.767. The van der Waals surface area contributed by atoms with Crippen molar-refractivity contribution in [2.24, 2.45) is 0 Å². The Morgan fingerprint density at radius 3 is 2.45 bits per heavy atom. The highest BCUT2D eigenvalue weighted by Crippen LogP contribution is 2.10. The molecule has 0 bridgehead atoms. The van der Waals surface area contributed by atoms with Crippen molar-refractivity contribution in [2.45, 2.75) is 0 Å². The highest BCUT2D eigenvalue weighted by molar-refractivity contribution is 5.46. The van der Waals surface area contributed by atoms with E-state index >= 15 is 0 Å². The van der Waals surface area contributed by atoms with Crippen LogP contribution in [0.4, 0.5) is 5.69 Å². The Morgan fingerprint density at radius 2 is 2.00 bits per heavy atom. The fourth-order valence-corrected chi connectivity index (χ4v) is 0.767. The molecule has 0 N–H and O–H groups in total. The summed E-state index contributed by atoms with van der Waals surface area (Å²) < 4.78 is 0. The summed E-state index contributed by atoms with van der Waals surface area (Å²) in [5, 5.41) is 9.67. The molecule has 0 aliphatic rings. The highest BCUT2D eigenvalue weighted by atomic mass is 16.7. The van der Waals surface area contributed by atoms with Crippen LogP contribution < -0.4 is 5.06 Å². The number of para-hydroxylation sites is 1. The van der Waals surface area contributed by atoms with Gasteiger partial charge in [0, 0.05) is 0 Å². The van der Waals surface area contributed by atoms with Crippen molar-refractivity contribution in [3.63, 3.8) is 0 Å². The first-order chi connectivity index (χ1) is 5.38. The maximum atomic E-state index is 8.53. The van der Waals surface area contributed by atoms with Gasteiger partial charge in [-0.2, -0.15) is 10.3 Å². The van der Waals surface area contributed by atoms with Crippen LogP contribution >= 0.6 is 0 Å². The number of hydroxylamine groups is 1. The third-order valence-electron chi connectivity index (χ3n) is 1.26. The number of nitrogens with zero attached hydrogens (tertiary/aromatic N) is 2. The van der Waals surface area contributed by atoms with Crippen LogP contribution in [0.5, 0.6) is 0 Å². The monoisotopic (exact) mass is 148 g/mol. The number of nitriles is 1. The Kier molecular flexibility index (Phi) is 2.47. The van der Waals surface area contributed by atoms with Crippen LogP contribution in [0.2, 0.25) is 0 Å². The van der Waals surface area contributed by atoms with Gasteiger partial charge < -0.3 is 0 Å². The lowest BCUT2D eigenvalue weighted by molar-refractivity contribution is 0.202. The van der Waals surface area contributed by atoms with Crippen LogP contribution in [-0.4, -0.2) is 7.11 Å². The van der Waals surface area contributed by atoms with Gasteiger partial charge >= 0.3 is 0 Å². The predicted octanol–water partition coefficient (Wildman–Crippen LogP) is 1.54. The van der Waals surface area contributed by atoms with E-state index in [0.29, 0.717) is 0 Å². The van der Waals surface area contributed by atoms with Crippen LogP contribution in [-0.2, 0) is 4.84 Å². The minimum absolute atomic E-state index is 0.734. The molecule has 0 aliphatic heterocycles. The van der Waals surface area contributed by atoms with Gasteiger partial charge in [-0.3, -0.25) is 4.84 Å². The average molecular weight is 148 g/mol. The van der Waals surface area contributed by atoms with Crippen molar-refractivity contribution in [2.75, 3.05) is 12.2 Å². The van der Waals surface area contributed by atoms with Gasteiger partial charge in [-0.25, -0.2) is 0 Å². The van der Waals surface area contributed by atoms with Gasteiger partial charge in [-0.1, -0.05) is 18.2 Å². The van der Waals surface area contributed by atoms with E-state index in [1.165, 1.54) is 7.11 Å². The van der Waals surface area contributed by atoms with Gasteiger partial charge in [0.15, 0.2) is 0 Å². The Bertz CT molecular complexity index is 253. The first-order valence-corrected chi connectivity index (χ1v) is 3.17. The van der Waals surface area contributed by atoms with Gasteiger partial charge in [-0.15, -0.1) is 0 Å². The zero-order valence-corrected chi connectivity index (χ0v) is 6.19. The lowest BCUT2D eigenvalue weighted by atomic mass is 10.3. The Labute approximate surface area is 65.4 Å². The van der Waals surface area contributed by atoms with Gasteiger partial charge in [0.1, 0.15) is 0 Å². The summed E-state index contributed by atoms with van der Waals surface area (Å²) in [4.78, 5) is 4.76. The minimum Gasteiger partial charge on any atom is -0.263 e. The summed E-state index contributed by atoms with van der Waals surface area (Å²) in [6, 6.07) is 9.17. The zero-order chi connectivity index (χ0) is 8.10. The Balaban J connectivity index is 2.85. The van der Waals surface area contributed by atoms with Crippen LogP contribution in [0.3, 0.4) is 0 Å². The summed E-state index contributed by atoms with van der Waals surface area (Å²) >= 11 is 0. The number of rotatable bonds is 2. The first kappa shape index (κ1) is 7.58. The maximum absolute atomic E-state index is 8.53. The average Bonchev–Trinajstić information content (AvgIpc) is 2.09. The molecular weight excluding hydrogens is 140 g/mol. The zero-order valence-electron chi connectivity index (χ0n) is 6.19. The molecule has 3 heteroatoms. The van der Waals surface area contributed by atoms with Crippen molar-refractivity contribution in [3.05, 3.63) is 30.3 Å². The summed E-state index contributed by atoms with van der Waals surface area (Å²) in [5.74, 6) is 0. The van der Waals surface area contributed by atoms with Gasteiger partial charge in [-0.05, 0) is 12.1 Å². The summed E-state index contributed by atoms with van der Waals surface area (Å²) in [5.41, 5.74) is 0.734. The van der Waals surface area contributed by atoms with Gasteiger partial charge in [0.25, 0.3) is 0 Å². The van der Waals surface area contributed by atoms with Crippen LogP contribution in [0.15, 0.2) is 30.3 Å². The molecule has 0 aliphatic carbocycles. The normalized spacial score (nSPS) is 8.73. The molecule has 11 heavy (non-hydrogen) atoms. The predicted molar refractivity (Wildman–Crippen MR) is 41.5 cm³/mol. The van der Waals surface area contributed by atoms with Crippen molar-refractivity contribution in [3.8, 4) is 6.19 Å². The molecule has 1 aromatic carbocycles. The van der Waals surface area contributed by atoms with E-state index < -0.39 is 0 Å². The smallest absolute Gasteiger partial charge is 0.210 e. The first-order valence-electron chi connectivity index (χ1n) is 3.17. The number of benzene rings is 1. The molecule has 0 aromatic heterocycles. The Hall–Kier alpha value is -1.53. The molecule has 0 spiro atoms. The molecule has 0 saturated carbocycles. The quantitative estimate of drug-likeness (QED) is 0.362. The summed E-state index contributed by atoms with van der Waals surface area (Å²) in [7, 11) is 1.45. The van der Waals surface area contributed by atoms with E-state index in [0.717, 1.165) is 10.8 Å². The molecule has 0 amide bonds. The number of hydrogen-bond acceptors (Lipinski definition) is 3. The minimum atomic E-state index is 0.734. The molecule has 0 atom stereocenters. The van der Waals surface area contributed by atoms with Crippen molar-refractivity contribution >= 4 is 5.69 Å². The molecule has 0 heterocycles. The second-order valence-electron chi connectivity index (χ2n) is 1.91. The van der Waals surface area contributed by atoms with Crippen molar-refractivity contribution < 1.29 is 4.84 Å². The molecule has 3 nitrogen and oxygen atoms in total. The fraction of sp³-hybridized carbons (Fsp3) is 0.125. The van der Waals surface area contributed by atoms with Crippen LogP contribution in [0, 0.1) is 11.5 Å². The number of hydrogen-bond donors (Lipinski definition) is 0. The molecule has 0 saturated heterocycles. The van der Waals surface area contributed by atoms with E-state index in [9.17, 15) is 0 Å². The van der Waals surface area contributed by atoms with Crippen molar-refractivity contribution in [1.29, 1.82) is 5.26 Å². The van der Waals surface area contributed by atoms with E-state index in [1.54, 1.807) is 12.1 Å². The molecule has 1 aromatic rings. The SMILES string of the molecule is CON(C#N)c1ccccc1. The van der Waals surface area contributed by atoms with E-state index in [4.69, 9.17) is 10.1 Å². The molecule has 0 radical (unpaired) electrons. The van der Waals surface area contributed by atoms with Crippen molar-refractivity contribution in [1.82, 2.24) is 0 Å². The van der Waals surface area contributed by atoms with Gasteiger partial charge in [0.05, 0.1) is 12.8 Å². The standard InChI is InChI=1S/C8H8N2O/c1-11-10(7-9)8-5-3-2-4-6-8/h2-6H,1H3. The second-order valence-corrected chi connectivity index (χ2v) is 1.91. The number of anilines is 1. The van der Waals surface area contributed by atoms with Crippen LogP contribution in [0.25, 0.3) is 0 Å².